The third kappa shape index (κ3) is 2.63. The lowest BCUT2D eigenvalue weighted by atomic mass is 9.56. The predicted molar refractivity (Wildman–Crippen MR) is 77.7 cm³/mol. The van der Waals surface area contributed by atoms with Crippen molar-refractivity contribution in [2.24, 2.45) is 17.3 Å². The first-order valence-corrected chi connectivity index (χ1v) is 7.34. The summed E-state index contributed by atoms with van der Waals surface area (Å²) in [7, 11) is 0. The Bertz CT molecular complexity index is 421. The number of carbonyl (C=O) groups excluding carboxylic acids is 1. The van der Waals surface area contributed by atoms with Crippen molar-refractivity contribution in [3.63, 3.8) is 0 Å². The van der Waals surface area contributed by atoms with Gasteiger partial charge in [0.1, 0.15) is 6.10 Å². The summed E-state index contributed by atoms with van der Waals surface area (Å²) in [6.45, 7) is 12.3. The van der Waals surface area contributed by atoms with Crippen molar-refractivity contribution in [2.45, 2.75) is 59.5 Å². The molecule has 1 saturated carbocycles. The van der Waals surface area contributed by atoms with Gasteiger partial charge in [-0.2, -0.15) is 0 Å². The van der Waals surface area contributed by atoms with Gasteiger partial charge in [-0.3, -0.25) is 4.79 Å². The summed E-state index contributed by atoms with van der Waals surface area (Å²) < 4.78 is 5.60. The van der Waals surface area contributed by atoms with E-state index in [2.05, 4.69) is 33.4 Å². The monoisotopic (exact) mass is 262 g/mol. The normalized spacial score (nSPS) is 38.1. The minimum atomic E-state index is -0.153. The second kappa shape index (κ2) is 5.15. The van der Waals surface area contributed by atoms with Crippen molar-refractivity contribution >= 4 is 5.97 Å². The fourth-order valence-electron chi connectivity index (χ4n) is 3.96. The Hall–Kier alpha value is -1.05. The highest BCUT2D eigenvalue weighted by molar-refractivity contribution is 5.66. The lowest BCUT2D eigenvalue weighted by Gasteiger charge is -2.51. The van der Waals surface area contributed by atoms with Crippen LogP contribution in [0.25, 0.3) is 0 Å². The fraction of sp³-hybridized carbons (Fsp3) is 0.706. The number of fused-ring (bicyclic) bond motifs is 1. The maximum Gasteiger partial charge on any atom is 0.302 e. The predicted octanol–water partition coefficient (Wildman–Crippen LogP) is 4.27. The van der Waals surface area contributed by atoms with Gasteiger partial charge in [0.05, 0.1) is 0 Å². The van der Waals surface area contributed by atoms with E-state index >= 15 is 0 Å². The molecule has 0 aromatic carbocycles. The number of hydrogen-bond donors (Lipinski definition) is 0. The molecule has 2 aliphatic carbocycles. The van der Waals surface area contributed by atoms with Gasteiger partial charge in [-0.25, -0.2) is 0 Å². The Kier molecular flexibility index (Phi) is 3.89. The van der Waals surface area contributed by atoms with Crippen LogP contribution in [0.1, 0.15) is 53.4 Å². The first kappa shape index (κ1) is 14.4. The number of esters is 1. The summed E-state index contributed by atoms with van der Waals surface area (Å²) in [5, 5.41) is 0. The van der Waals surface area contributed by atoms with Crippen LogP contribution < -0.4 is 0 Å². The van der Waals surface area contributed by atoms with E-state index in [9.17, 15) is 4.79 Å². The molecule has 0 aromatic heterocycles. The summed E-state index contributed by atoms with van der Waals surface area (Å²) in [6.07, 6.45) is 6.64. The number of ether oxygens (including phenoxy) is 1. The highest BCUT2D eigenvalue weighted by Crippen LogP contribution is 2.53. The van der Waals surface area contributed by atoms with Gasteiger partial charge in [0.15, 0.2) is 0 Å². The van der Waals surface area contributed by atoms with Crippen LogP contribution in [-0.4, -0.2) is 12.1 Å². The molecular formula is C17H26O2. The van der Waals surface area contributed by atoms with Crippen molar-refractivity contribution in [3.05, 3.63) is 23.8 Å². The van der Waals surface area contributed by atoms with Crippen LogP contribution in [0.15, 0.2) is 23.8 Å². The van der Waals surface area contributed by atoms with Crippen LogP contribution in [0.5, 0.6) is 0 Å². The van der Waals surface area contributed by atoms with Crippen molar-refractivity contribution in [3.8, 4) is 0 Å². The van der Waals surface area contributed by atoms with Gasteiger partial charge in [-0.1, -0.05) is 30.7 Å². The molecule has 19 heavy (non-hydrogen) atoms. The third-order valence-electron chi connectivity index (χ3n) is 5.29. The Labute approximate surface area is 116 Å². The average Bonchev–Trinajstić information content (AvgIpc) is 2.32. The minimum absolute atomic E-state index is 0.0461. The van der Waals surface area contributed by atoms with Gasteiger partial charge >= 0.3 is 5.97 Å². The maximum atomic E-state index is 11.3. The Morgan fingerprint density at radius 2 is 2.16 bits per heavy atom. The largest absolute Gasteiger partial charge is 0.462 e. The van der Waals surface area contributed by atoms with Crippen molar-refractivity contribution in [2.75, 3.05) is 0 Å². The van der Waals surface area contributed by atoms with E-state index in [4.69, 9.17) is 4.74 Å². The molecule has 0 saturated heterocycles. The second-order valence-electron chi connectivity index (χ2n) is 6.66. The van der Waals surface area contributed by atoms with E-state index < -0.39 is 0 Å². The maximum absolute atomic E-state index is 11.3. The molecule has 106 valence electrons. The molecule has 0 radical (unpaired) electrons. The zero-order valence-corrected chi connectivity index (χ0v) is 12.7. The molecule has 4 atom stereocenters. The van der Waals surface area contributed by atoms with Gasteiger partial charge in [0, 0.05) is 18.8 Å². The van der Waals surface area contributed by atoms with Gasteiger partial charge < -0.3 is 4.74 Å². The summed E-state index contributed by atoms with van der Waals surface area (Å²) in [5.41, 5.74) is 2.87. The molecule has 0 heterocycles. The zero-order valence-electron chi connectivity index (χ0n) is 12.7. The summed E-state index contributed by atoms with van der Waals surface area (Å²) in [6, 6.07) is 0. The summed E-state index contributed by atoms with van der Waals surface area (Å²) in [5.74, 6) is 0.999. The fourth-order valence-corrected chi connectivity index (χ4v) is 3.96. The number of allylic oxidation sites excluding steroid dienone is 2. The molecule has 1 fully saturated rings. The molecule has 0 amide bonds. The Balaban J connectivity index is 2.25. The van der Waals surface area contributed by atoms with E-state index in [0.717, 1.165) is 19.3 Å². The Morgan fingerprint density at radius 3 is 2.74 bits per heavy atom. The first-order chi connectivity index (χ1) is 8.84. The number of hydrogen-bond acceptors (Lipinski definition) is 2. The molecule has 0 bridgehead atoms. The van der Waals surface area contributed by atoms with Gasteiger partial charge in [-0.15, -0.1) is 0 Å². The standard InChI is InChI=1S/C17H26O2/c1-11(2)14-8-9-17(5)15(10-14)12(3)6-7-16(17)19-13(4)18/h6,14-16H,1,7-10H2,2-5H3. The quantitative estimate of drug-likeness (QED) is 0.549. The van der Waals surface area contributed by atoms with Gasteiger partial charge in [-0.05, 0) is 44.9 Å². The van der Waals surface area contributed by atoms with Gasteiger partial charge in [0.25, 0.3) is 0 Å². The lowest BCUT2D eigenvalue weighted by Crippen LogP contribution is -2.47. The molecule has 2 nitrogen and oxygen atoms in total. The molecule has 2 heteroatoms. The molecule has 2 rings (SSSR count). The van der Waals surface area contributed by atoms with E-state index in [0.29, 0.717) is 11.8 Å². The molecular weight excluding hydrogens is 236 g/mol. The van der Waals surface area contributed by atoms with Crippen molar-refractivity contribution in [1.29, 1.82) is 0 Å². The van der Waals surface area contributed by atoms with Crippen LogP contribution in [0.4, 0.5) is 0 Å². The van der Waals surface area contributed by atoms with E-state index in [1.165, 1.54) is 24.5 Å². The van der Waals surface area contributed by atoms with Gasteiger partial charge in [0.2, 0.25) is 0 Å². The molecule has 0 N–H and O–H groups in total. The van der Waals surface area contributed by atoms with Crippen LogP contribution in [-0.2, 0) is 9.53 Å². The molecule has 0 aromatic rings. The SMILES string of the molecule is C=C(C)C1CCC2(C)C(OC(C)=O)CC=C(C)C2C1. The average molecular weight is 262 g/mol. The van der Waals surface area contributed by atoms with Crippen molar-refractivity contribution in [1.82, 2.24) is 0 Å². The zero-order chi connectivity index (χ0) is 14.2. The van der Waals surface area contributed by atoms with E-state index in [1.807, 2.05) is 0 Å². The highest BCUT2D eigenvalue weighted by Gasteiger charge is 2.49. The van der Waals surface area contributed by atoms with Crippen LogP contribution >= 0.6 is 0 Å². The highest BCUT2D eigenvalue weighted by atomic mass is 16.5. The molecule has 4 unspecified atom stereocenters. The van der Waals surface area contributed by atoms with Crippen LogP contribution in [0.2, 0.25) is 0 Å². The third-order valence-corrected chi connectivity index (χ3v) is 5.29. The minimum Gasteiger partial charge on any atom is -0.462 e. The summed E-state index contributed by atoms with van der Waals surface area (Å²) in [4.78, 5) is 11.3. The first-order valence-electron chi connectivity index (χ1n) is 7.34. The number of carbonyl (C=O) groups is 1. The number of rotatable bonds is 2. The Morgan fingerprint density at radius 1 is 1.47 bits per heavy atom. The molecule has 0 aliphatic heterocycles. The van der Waals surface area contributed by atoms with Crippen molar-refractivity contribution < 1.29 is 9.53 Å². The smallest absolute Gasteiger partial charge is 0.302 e. The summed E-state index contributed by atoms with van der Waals surface area (Å²) >= 11 is 0. The van der Waals surface area contributed by atoms with E-state index in [1.54, 1.807) is 0 Å². The van der Waals surface area contributed by atoms with Crippen LogP contribution in [0, 0.1) is 17.3 Å². The van der Waals surface area contributed by atoms with E-state index in [-0.39, 0.29) is 17.5 Å². The topological polar surface area (TPSA) is 26.3 Å². The molecule has 0 spiro atoms. The van der Waals surface area contributed by atoms with Crippen LogP contribution in [0.3, 0.4) is 0 Å². The lowest BCUT2D eigenvalue weighted by molar-refractivity contribution is -0.158. The second-order valence-corrected chi connectivity index (χ2v) is 6.66. The molecule has 2 aliphatic rings.